The number of allylic oxidation sites excluding steroid dienone is 2. The predicted molar refractivity (Wildman–Crippen MR) is 96.9 cm³/mol. The minimum atomic E-state index is -0.237. The lowest BCUT2D eigenvalue weighted by atomic mass is 9.85. The fraction of sp³-hybridized carbons (Fsp3) is 0.750. The van der Waals surface area contributed by atoms with Crippen LogP contribution in [0.5, 0.6) is 0 Å². The van der Waals surface area contributed by atoms with E-state index in [1.54, 1.807) is 4.90 Å². The van der Waals surface area contributed by atoms with Crippen molar-refractivity contribution >= 4 is 28.7 Å². The summed E-state index contributed by atoms with van der Waals surface area (Å²) >= 11 is 5.31. The molecular weight excluding hydrogens is 338 g/mol. The van der Waals surface area contributed by atoms with Gasteiger partial charge < -0.3 is 0 Å². The quantitative estimate of drug-likeness (QED) is 0.240. The van der Waals surface area contributed by atoms with Crippen molar-refractivity contribution in [3.05, 3.63) is 12.2 Å². The Bertz CT molecular complexity index is 529. The molecule has 1 saturated heterocycles. The van der Waals surface area contributed by atoms with Crippen LogP contribution in [0.15, 0.2) is 12.2 Å². The van der Waals surface area contributed by atoms with Gasteiger partial charge in [-0.2, -0.15) is 0 Å². The van der Waals surface area contributed by atoms with E-state index in [9.17, 15) is 14.4 Å². The summed E-state index contributed by atoms with van der Waals surface area (Å²) in [7, 11) is 0. The second kappa shape index (κ2) is 8.48. The van der Waals surface area contributed by atoms with Gasteiger partial charge in [0.15, 0.2) is 0 Å². The third-order valence-corrected chi connectivity index (χ3v) is 6.26. The highest BCUT2D eigenvalue weighted by atomic mass is 35.5. The molecule has 1 aliphatic heterocycles. The summed E-state index contributed by atoms with van der Waals surface area (Å²) in [6, 6.07) is 0. The highest BCUT2D eigenvalue weighted by molar-refractivity contribution is 6.63. The molecule has 4 atom stereocenters. The number of amides is 2. The van der Waals surface area contributed by atoms with Gasteiger partial charge in [0.1, 0.15) is 0 Å². The van der Waals surface area contributed by atoms with Gasteiger partial charge in [-0.1, -0.05) is 50.7 Å². The summed E-state index contributed by atoms with van der Waals surface area (Å²) in [6.45, 7) is 0.599. The minimum absolute atomic E-state index is 0.0534. The van der Waals surface area contributed by atoms with E-state index in [0.29, 0.717) is 24.8 Å². The molecule has 0 radical (unpaired) electrons. The zero-order chi connectivity index (χ0) is 17.8. The monoisotopic (exact) mass is 365 g/mol. The van der Waals surface area contributed by atoms with Crippen molar-refractivity contribution in [2.24, 2.45) is 23.7 Å². The summed E-state index contributed by atoms with van der Waals surface area (Å²) in [4.78, 5) is 37.2. The Hall–Kier alpha value is -1.16. The smallest absolute Gasteiger partial charge is 0.233 e. The Balaban J connectivity index is 1.26. The van der Waals surface area contributed by atoms with Crippen molar-refractivity contribution in [3.63, 3.8) is 0 Å². The summed E-state index contributed by atoms with van der Waals surface area (Å²) in [5, 5.41) is -0.237. The van der Waals surface area contributed by atoms with E-state index in [0.717, 1.165) is 44.9 Å². The molecule has 0 N–H and O–H groups in total. The van der Waals surface area contributed by atoms with Crippen molar-refractivity contribution in [1.82, 2.24) is 4.90 Å². The average molecular weight is 366 g/mol. The molecule has 0 aromatic rings. The van der Waals surface area contributed by atoms with Crippen molar-refractivity contribution < 1.29 is 14.4 Å². The van der Waals surface area contributed by atoms with Crippen LogP contribution >= 0.6 is 11.6 Å². The molecule has 0 aromatic heterocycles. The Morgan fingerprint density at radius 2 is 1.36 bits per heavy atom. The van der Waals surface area contributed by atoms with Crippen molar-refractivity contribution in [2.75, 3.05) is 6.54 Å². The number of carbonyl (C=O) groups is 3. The number of unbranched alkanes of at least 4 members (excludes halogenated alkanes) is 7. The van der Waals surface area contributed by atoms with E-state index in [1.807, 2.05) is 0 Å². The Morgan fingerprint density at radius 3 is 1.88 bits per heavy atom. The molecule has 2 aliphatic carbocycles. The zero-order valence-corrected chi connectivity index (χ0v) is 15.5. The summed E-state index contributed by atoms with van der Waals surface area (Å²) in [5.41, 5.74) is 0. The maximum atomic E-state index is 12.5. The van der Waals surface area contributed by atoms with Crippen LogP contribution in [0.25, 0.3) is 0 Å². The first kappa shape index (κ1) is 18.6. The van der Waals surface area contributed by atoms with E-state index >= 15 is 0 Å². The lowest BCUT2D eigenvalue weighted by Gasteiger charge is -2.17. The first-order valence-electron chi connectivity index (χ1n) is 9.81. The van der Waals surface area contributed by atoms with E-state index in [4.69, 9.17) is 11.6 Å². The number of rotatable bonds is 11. The Labute approximate surface area is 155 Å². The predicted octanol–water partition coefficient (Wildman–Crippen LogP) is 4.07. The van der Waals surface area contributed by atoms with Crippen LogP contribution in [0.1, 0.15) is 64.2 Å². The topological polar surface area (TPSA) is 54.5 Å². The molecule has 138 valence electrons. The van der Waals surface area contributed by atoms with Gasteiger partial charge in [0.05, 0.1) is 11.8 Å². The molecule has 4 nitrogen and oxygen atoms in total. The van der Waals surface area contributed by atoms with Crippen molar-refractivity contribution in [2.45, 2.75) is 64.2 Å². The second-order valence-corrected chi connectivity index (χ2v) is 8.18. The second-order valence-electron chi connectivity index (χ2n) is 7.76. The highest BCUT2D eigenvalue weighted by Gasteiger charge is 2.58. The van der Waals surface area contributed by atoms with Crippen LogP contribution in [0.3, 0.4) is 0 Å². The molecule has 25 heavy (non-hydrogen) atoms. The minimum Gasteiger partial charge on any atom is -0.282 e. The number of nitrogens with zero attached hydrogens (tertiary/aromatic N) is 1. The largest absolute Gasteiger partial charge is 0.282 e. The average Bonchev–Trinajstić information content (AvgIpc) is 3.25. The normalized spacial score (nSPS) is 29.7. The molecule has 0 unspecified atom stereocenters. The first-order chi connectivity index (χ1) is 12.1. The van der Waals surface area contributed by atoms with Crippen molar-refractivity contribution in [1.29, 1.82) is 0 Å². The lowest BCUT2D eigenvalue weighted by Crippen LogP contribution is -2.33. The van der Waals surface area contributed by atoms with Crippen LogP contribution in [-0.2, 0) is 14.4 Å². The molecule has 2 fully saturated rings. The van der Waals surface area contributed by atoms with Crippen molar-refractivity contribution in [3.8, 4) is 0 Å². The number of fused-ring (bicyclic) bond motifs is 5. The molecule has 1 saturated carbocycles. The molecule has 1 heterocycles. The van der Waals surface area contributed by atoms with E-state index in [-0.39, 0.29) is 28.9 Å². The molecule has 0 aromatic carbocycles. The fourth-order valence-corrected chi connectivity index (χ4v) is 4.91. The fourth-order valence-electron chi connectivity index (χ4n) is 4.78. The molecule has 3 aliphatic rings. The van der Waals surface area contributed by atoms with Crippen LogP contribution in [0, 0.1) is 23.7 Å². The first-order valence-corrected chi connectivity index (χ1v) is 10.2. The van der Waals surface area contributed by atoms with E-state index in [2.05, 4.69) is 12.2 Å². The molecule has 3 rings (SSSR count). The number of carbonyl (C=O) groups excluding carboxylic acids is 3. The number of halogens is 1. The third-order valence-electron chi connectivity index (χ3n) is 6.07. The summed E-state index contributed by atoms with van der Waals surface area (Å²) in [6.07, 6.45) is 14.3. The highest BCUT2D eigenvalue weighted by Crippen LogP contribution is 2.52. The Morgan fingerprint density at radius 1 is 0.880 bits per heavy atom. The van der Waals surface area contributed by atoms with Gasteiger partial charge in [-0.15, -0.1) is 0 Å². The van der Waals surface area contributed by atoms with Gasteiger partial charge >= 0.3 is 0 Å². The van der Waals surface area contributed by atoms with Crippen LogP contribution in [0.2, 0.25) is 0 Å². The van der Waals surface area contributed by atoms with Crippen LogP contribution < -0.4 is 0 Å². The van der Waals surface area contributed by atoms with Crippen LogP contribution in [-0.4, -0.2) is 28.5 Å². The maximum absolute atomic E-state index is 12.5. The summed E-state index contributed by atoms with van der Waals surface area (Å²) < 4.78 is 0. The van der Waals surface area contributed by atoms with E-state index in [1.165, 1.54) is 12.8 Å². The SMILES string of the molecule is O=C(Cl)CCCCCCCCCCN1C(=O)[C@@H]2[C@H](C1=O)[C@@H]1C=C[C@H]2C1. The zero-order valence-electron chi connectivity index (χ0n) is 14.8. The lowest BCUT2D eigenvalue weighted by molar-refractivity contribution is -0.140. The van der Waals surface area contributed by atoms with Gasteiger partial charge in [-0.05, 0) is 42.7 Å². The maximum Gasteiger partial charge on any atom is 0.233 e. The molecular formula is C20H28ClNO3. The van der Waals surface area contributed by atoms with Gasteiger partial charge in [-0.3, -0.25) is 19.3 Å². The number of hydrogen-bond donors (Lipinski definition) is 0. The van der Waals surface area contributed by atoms with Crippen LogP contribution in [0.4, 0.5) is 0 Å². The molecule has 5 heteroatoms. The molecule has 2 amide bonds. The standard InChI is InChI=1S/C20H28ClNO3/c21-16(23)9-7-5-3-1-2-4-6-8-12-22-19(24)17-14-10-11-15(13-14)18(17)20(22)25/h10-11,14-15,17-18H,1-9,12-13H2/t14-,15+,17-,18+. The number of imide groups is 1. The van der Waals surface area contributed by atoms with Gasteiger partial charge in [-0.25, -0.2) is 0 Å². The van der Waals surface area contributed by atoms with E-state index < -0.39 is 0 Å². The third kappa shape index (κ3) is 4.16. The van der Waals surface area contributed by atoms with Gasteiger partial charge in [0, 0.05) is 13.0 Å². The molecule has 2 bridgehead atoms. The number of likely N-dealkylation sites (tertiary alicyclic amines) is 1. The van der Waals surface area contributed by atoms with Gasteiger partial charge in [0.2, 0.25) is 17.1 Å². The molecule has 0 spiro atoms. The number of hydrogen-bond acceptors (Lipinski definition) is 3. The summed E-state index contributed by atoms with van der Waals surface area (Å²) in [5.74, 6) is 0.683. The Kier molecular flexibility index (Phi) is 6.32. The van der Waals surface area contributed by atoms with Gasteiger partial charge in [0.25, 0.3) is 0 Å².